The highest BCUT2D eigenvalue weighted by molar-refractivity contribution is 8.01. The number of hydrogen-bond donors (Lipinski definition) is 1. The fourth-order valence-corrected chi connectivity index (χ4v) is 6.80. The fourth-order valence-electron chi connectivity index (χ4n) is 4.00. The third-order valence-electron chi connectivity index (χ3n) is 5.69. The summed E-state index contributed by atoms with van der Waals surface area (Å²) in [5.74, 6) is 0.823. The number of rotatable bonds is 6. The lowest BCUT2D eigenvalue weighted by molar-refractivity contribution is 0.602. The Balaban J connectivity index is 1.40. The number of fused-ring (bicyclic) bond motifs is 2. The first-order valence-electron chi connectivity index (χ1n) is 10.8. The number of nitrogens with zero attached hydrogens (tertiary/aromatic N) is 4. The molecular formula is C25H19N5O2S3. The van der Waals surface area contributed by atoms with Gasteiger partial charge in [-0.1, -0.05) is 36.4 Å². The summed E-state index contributed by atoms with van der Waals surface area (Å²) in [7, 11) is -3.28. The van der Waals surface area contributed by atoms with Gasteiger partial charge in [-0.15, -0.1) is 21.5 Å². The van der Waals surface area contributed by atoms with E-state index < -0.39 is 9.84 Å². The summed E-state index contributed by atoms with van der Waals surface area (Å²) in [5, 5.41) is 10.9. The van der Waals surface area contributed by atoms with Crippen molar-refractivity contribution in [1.29, 1.82) is 0 Å². The lowest BCUT2D eigenvalue weighted by Crippen LogP contribution is -2.03. The topological polar surface area (TPSA) is 93.5 Å². The zero-order chi connectivity index (χ0) is 24.0. The zero-order valence-electron chi connectivity index (χ0n) is 18.5. The van der Waals surface area contributed by atoms with E-state index in [0.29, 0.717) is 16.5 Å². The Morgan fingerprint density at radius 3 is 2.63 bits per heavy atom. The lowest BCUT2D eigenvalue weighted by atomic mass is 10.1. The summed E-state index contributed by atoms with van der Waals surface area (Å²) in [4.78, 5) is 8.31. The molecule has 1 N–H and O–H groups in total. The third kappa shape index (κ3) is 4.24. The van der Waals surface area contributed by atoms with Gasteiger partial charge >= 0.3 is 0 Å². The van der Waals surface area contributed by atoms with Gasteiger partial charge in [0.2, 0.25) is 5.16 Å². The van der Waals surface area contributed by atoms with Crippen LogP contribution in [0.15, 0.2) is 93.4 Å². The van der Waals surface area contributed by atoms with Crippen LogP contribution in [0, 0.1) is 0 Å². The summed E-state index contributed by atoms with van der Waals surface area (Å²) in [6.45, 7) is 0. The molecule has 0 saturated heterocycles. The first kappa shape index (κ1) is 22.0. The van der Waals surface area contributed by atoms with E-state index in [1.165, 1.54) is 29.4 Å². The largest absolute Gasteiger partial charge is 0.361 e. The van der Waals surface area contributed by atoms with Gasteiger partial charge in [-0.25, -0.2) is 13.4 Å². The molecular weight excluding hydrogens is 499 g/mol. The van der Waals surface area contributed by atoms with Gasteiger partial charge in [-0.3, -0.25) is 4.57 Å². The molecule has 6 aromatic rings. The van der Waals surface area contributed by atoms with E-state index in [-0.39, 0.29) is 0 Å². The van der Waals surface area contributed by atoms with Crippen molar-refractivity contribution in [2.24, 2.45) is 0 Å². The first-order chi connectivity index (χ1) is 17.0. The Bertz CT molecular complexity index is 1790. The number of hydrogen-bond acceptors (Lipinski definition) is 7. The molecule has 0 aliphatic heterocycles. The van der Waals surface area contributed by atoms with Crippen molar-refractivity contribution in [3.8, 4) is 5.69 Å². The Kier molecular flexibility index (Phi) is 5.43. The summed E-state index contributed by atoms with van der Waals surface area (Å²) in [6.07, 6.45) is 3.85. The maximum absolute atomic E-state index is 11.9. The van der Waals surface area contributed by atoms with Gasteiger partial charge in [0.05, 0.1) is 15.1 Å². The van der Waals surface area contributed by atoms with E-state index in [4.69, 9.17) is 4.98 Å². The predicted molar refractivity (Wildman–Crippen MR) is 139 cm³/mol. The highest BCUT2D eigenvalue weighted by atomic mass is 32.2. The smallest absolute Gasteiger partial charge is 0.202 e. The van der Waals surface area contributed by atoms with Crippen LogP contribution in [0.5, 0.6) is 0 Å². The highest BCUT2D eigenvalue weighted by Gasteiger charge is 2.19. The van der Waals surface area contributed by atoms with Crippen LogP contribution in [0.2, 0.25) is 0 Å². The van der Waals surface area contributed by atoms with Gasteiger partial charge in [-0.2, -0.15) is 0 Å². The molecule has 3 aromatic carbocycles. The Hall–Kier alpha value is -3.47. The molecule has 6 rings (SSSR count). The van der Waals surface area contributed by atoms with Crippen molar-refractivity contribution in [3.05, 3.63) is 90.4 Å². The zero-order valence-corrected chi connectivity index (χ0v) is 21.0. The second-order valence-electron chi connectivity index (χ2n) is 8.09. The van der Waals surface area contributed by atoms with Gasteiger partial charge in [0, 0.05) is 35.5 Å². The quantitative estimate of drug-likeness (QED) is 0.313. The SMILES string of the molecule is CS(=O)(=O)c1ccc2nc(Sc3nnc(Cc4c[nH]c5ccccc45)n3-c3ccccc3)sc2c1. The number of H-pyrrole nitrogens is 1. The molecule has 0 amide bonds. The van der Waals surface area contributed by atoms with E-state index in [9.17, 15) is 8.42 Å². The summed E-state index contributed by atoms with van der Waals surface area (Å²) >= 11 is 2.87. The number of sulfone groups is 1. The number of aromatic amines is 1. The minimum atomic E-state index is -3.28. The van der Waals surface area contributed by atoms with Crippen LogP contribution in [-0.2, 0) is 16.3 Å². The van der Waals surface area contributed by atoms with E-state index in [2.05, 4.69) is 31.9 Å². The number of aromatic nitrogens is 5. The molecule has 3 aromatic heterocycles. The standard InChI is InChI=1S/C25H19N5O2S3/c1-35(31,32)18-11-12-21-22(14-18)33-25(27-21)34-24-29-28-23(30(24)17-7-3-2-4-8-17)13-16-15-26-20-10-6-5-9-19(16)20/h2-12,14-15,26H,13H2,1H3. The second kappa shape index (κ2) is 8.63. The molecule has 0 fully saturated rings. The molecule has 0 saturated carbocycles. The van der Waals surface area contributed by atoms with Crippen LogP contribution >= 0.6 is 23.1 Å². The Labute approximate surface area is 209 Å². The molecule has 0 unspecified atom stereocenters. The molecule has 0 atom stereocenters. The van der Waals surface area contributed by atoms with Crippen molar-refractivity contribution >= 4 is 54.1 Å². The minimum absolute atomic E-state index is 0.290. The van der Waals surface area contributed by atoms with E-state index in [0.717, 1.165) is 42.5 Å². The minimum Gasteiger partial charge on any atom is -0.361 e. The molecule has 7 nitrogen and oxygen atoms in total. The van der Waals surface area contributed by atoms with Crippen molar-refractivity contribution in [2.45, 2.75) is 20.8 Å². The number of para-hydroxylation sites is 2. The van der Waals surface area contributed by atoms with Crippen LogP contribution in [0.4, 0.5) is 0 Å². The monoisotopic (exact) mass is 517 g/mol. The van der Waals surface area contributed by atoms with Crippen molar-refractivity contribution in [1.82, 2.24) is 24.7 Å². The van der Waals surface area contributed by atoms with Crippen molar-refractivity contribution in [2.75, 3.05) is 6.26 Å². The fraction of sp³-hybridized carbons (Fsp3) is 0.0800. The van der Waals surface area contributed by atoms with Crippen LogP contribution < -0.4 is 0 Å². The summed E-state index contributed by atoms with van der Waals surface area (Å²) in [5.41, 5.74) is 3.96. The second-order valence-corrected chi connectivity index (χ2v) is 12.4. The lowest BCUT2D eigenvalue weighted by Gasteiger charge is -2.09. The van der Waals surface area contributed by atoms with Gasteiger partial charge in [0.1, 0.15) is 5.82 Å². The first-order valence-corrected chi connectivity index (χ1v) is 14.3. The van der Waals surface area contributed by atoms with E-state index in [1.54, 1.807) is 18.2 Å². The summed E-state index contributed by atoms with van der Waals surface area (Å²) in [6, 6.07) is 23.2. The maximum atomic E-state index is 11.9. The number of thiazole rings is 1. The van der Waals surface area contributed by atoms with Crippen LogP contribution in [-0.4, -0.2) is 39.4 Å². The Morgan fingerprint density at radius 1 is 1.00 bits per heavy atom. The van der Waals surface area contributed by atoms with Crippen molar-refractivity contribution in [3.63, 3.8) is 0 Å². The van der Waals surface area contributed by atoms with Gasteiger partial charge in [0.15, 0.2) is 14.2 Å². The Morgan fingerprint density at radius 2 is 1.80 bits per heavy atom. The molecule has 0 radical (unpaired) electrons. The highest BCUT2D eigenvalue weighted by Crippen LogP contribution is 2.36. The predicted octanol–water partition coefficient (Wildman–Crippen LogP) is 5.50. The number of nitrogens with one attached hydrogen (secondary N) is 1. The molecule has 35 heavy (non-hydrogen) atoms. The molecule has 174 valence electrons. The molecule has 0 spiro atoms. The van der Waals surface area contributed by atoms with Gasteiger partial charge in [0.25, 0.3) is 0 Å². The molecule has 0 aliphatic carbocycles. The average molecular weight is 518 g/mol. The van der Waals surface area contributed by atoms with Crippen LogP contribution in [0.25, 0.3) is 26.8 Å². The molecule has 0 bridgehead atoms. The molecule has 0 aliphatic rings. The van der Waals surface area contributed by atoms with Crippen LogP contribution in [0.3, 0.4) is 0 Å². The maximum Gasteiger partial charge on any atom is 0.202 e. The van der Waals surface area contributed by atoms with E-state index in [1.807, 2.05) is 48.7 Å². The average Bonchev–Trinajstić information content (AvgIpc) is 3.56. The number of benzene rings is 3. The van der Waals surface area contributed by atoms with Crippen LogP contribution in [0.1, 0.15) is 11.4 Å². The van der Waals surface area contributed by atoms with Gasteiger partial charge < -0.3 is 4.98 Å². The normalized spacial score (nSPS) is 12.0. The molecule has 10 heteroatoms. The van der Waals surface area contributed by atoms with E-state index >= 15 is 0 Å². The van der Waals surface area contributed by atoms with Crippen molar-refractivity contribution < 1.29 is 8.42 Å². The summed E-state index contributed by atoms with van der Waals surface area (Å²) < 4.78 is 27.5. The van der Waals surface area contributed by atoms with Gasteiger partial charge in [-0.05, 0) is 53.7 Å². The molecule has 3 heterocycles. The third-order valence-corrected chi connectivity index (χ3v) is 8.82.